The number of halogens is 1. The number of carbonyl (C=O) groups excluding carboxylic acids is 1. The quantitative estimate of drug-likeness (QED) is 0.432. The molecule has 5 heteroatoms. The summed E-state index contributed by atoms with van der Waals surface area (Å²) >= 11 is 2.36. The Morgan fingerprint density at radius 2 is 1.93 bits per heavy atom. The lowest BCUT2D eigenvalue weighted by atomic mass is 9.44. The van der Waals surface area contributed by atoms with Crippen LogP contribution in [0, 0.1) is 33.2 Å². The minimum absolute atomic E-state index is 0.0431. The van der Waals surface area contributed by atoms with Gasteiger partial charge in [0.25, 0.3) is 0 Å². The molecule has 1 aromatic heterocycles. The maximum atomic E-state index is 13.3. The molecule has 0 saturated heterocycles. The van der Waals surface area contributed by atoms with E-state index in [9.17, 15) is 4.79 Å². The van der Waals surface area contributed by atoms with Gasteiger partial charge in [0.2, 0.25) is 0 Å². The molecule has 4 aliphatic carbocycles. The molecule has 0 N–H and O–H groups in total. The van der Waals surface area contributed by atoms with Gasteiger partial charge < -0.3 is 4.74 Å². The number of hydrogen-bond donors (Lipinski definition) is 0. The van der Waals surface area contributed by atoms with Crippen LogP contribution in [-0.2, 0) is 22.7 Å². The van der Waals surface area contributed by atoms with E-state index in [0.717, 1.165) is 31.4 Å². The Morgan fingerprint density at radius 1 is 1.21 bits per heavy atom. The summed E-state index contributed by atoms with van der Waals surface area (Å²) in [6.07, 6.45) is 8.76. The Kier molecular flexibility index (Phi) is 4.56. The molecule has 28 heavy (non-hydrogen) atoms. The summed E-state index contributed by atoms with van der Waals surface area (Å²) in [5.74, 6) is 1.38. The highest BCUT2D eigenvalue weighted by molar-refractivity contribution is 14.1. The van der Waals surface area contributed by atoms with Gasteiger partial charge in [-0.25, -0.2) is 0 Å². The summed E-state index contributed by atoms with van der Waals surface area (Å²) in [6.45, 7) is 3.49. The SMILES string of the molecule is Cc1c(I)cnn1CC12CC3CC(C1)CC(C(=O)OCc1ccccc1)(C3)C2. The minimum Gasteiger partial charge on any atom is -0.460 e. The number of carbonyl (C=O) groups is 1. The zero-order chi connectivity index (χ0) is 19.4. The van der Waals surface area contributed by atoms with Gasteiger partial charge in [0.1, 0.15) is 6.61 Å². The van der Waals surface area contributed by atoms with E-state index in [1.807, 2.05) is 36.5 Å². The maximum absolute atomic E-state index is 13.3. The van der Waals surface area contributed by atoms with Crippen molar-refractivity contribution < 1.29 is 9.53 Å². The zero-order valence-corrected chi connectivity index (χ0v) is 18.5. The standard InChI is InChI=1S/C23H27IN2O2/c1-16-20(24)12-25-26(16)15-22-8-18-7-19(9-22)11-23(10-18,14-22)21(27)28-13-17-5-3-2-4-6-17/h2-6,12,18-19H,7-11,13-15H2,1H3. The molecule has 4 saturated carbocycles. The third-order valence-electron chi connectivity index (χ3n) is 7.36. The number of rotatable bonds is 5. The van der Waals surface area contributed by atoms with Gasteiger partial charge in [0.15, 0.2) is 0 Å². The van der Waals surface area contributed by atoms with Gasteiger partial charge in [0.05, 0.1) is 15.2 Å². The van der Waals surface area contributed by atoms with Crippen LogP contribution in [0.25, 0.3) is 0 Å². The second-order valence-electron chi connectivity index (χ2n) is 9.54. The molecule has 1 aromatic carbocycles. The third-order valence-corrected chi connectivity index (χ3v) is 8.42. The lowest BCUT2D eigenvalue weighted by molar-refractivity contribution is -0.184. The molecule has 0 aliphatic heterocycles. The average molecular weight is 490 g/mol. The van der Waals surface area contributed by atoms with Crippen molar-refractivity contribution in [1.82, 2.24) is 9.78 Å². The molecule has 1 heterocycles. The number of benzene rings is 1. The Morgan fingerprint density at radius 3 is 2.57 bits per heavy atom. The van der Waals surface area contributed by atoms with Crippen molar-refractivity contribution in [2.75, 3.05) is 0 Å². The van der Waals surface area contributed by atoms with E-state index in [1.165, 1.54) is 28.5 Å². The van der Waals surface area contributed by atoms with Crippen molar-refractivity contribution in [2.24, 2.45) is 22.7 Å². The van der Waals surface area contributed by atoms with Crippen molar-refractivity contribution in [3.63, 3.8) is 0 Å². The van der Waals surface area contributed by atoms with Gasteiger partial charge in [0, 0.05) is 12.2 Å². The van der Waals surface area contributed by atoms with Gasteiger partial charge in [-0.2, -0.15) is 5.10 Å². The molecule has 0 spiro atoms. The Labute approximate surface area is 180 Å². The first kappa shape index (κ1) is 18.6. The van der Waals surface area contributed by atoms with Crippen LogP contribution >= 0.6 is 22.6 Å². The molecule has 0 radical (unpaired) electrons. The summed E-state index contributed by atoms with van der Waals surface area (Å²) in [6, 6.07) is 10.0. The molecule has 6 rings (SSSR count). The smallest absolute Gasteiger partial charge is 0.312 e. The molecule has 4 aliphatic rings. The zero-order valence-electron chi connectivity index (χ0n) is 16.4. The van der Waals surface area contributed by atoms with Gasteiger partial charge >= 0.3 is 5.97 Å². The number of aromatic nitrogens is 2. The van der Waals surface area contributed by atoms with Crippen LogP contribution < -0.4 is 0 Å². The highest BCUT2D eigenvalue weighted by atomic mass is 127. The van der Waals surface area contributed by atoms with E-state index < -0.39 is 0 Å². The van der Waals surface area contributed by atoms with Gasteiger partial charge in [-0.3, -0.25) is 9.48 Å². The summed E-state index contributed by atoms with van der Waals surface area (Å²) in [4.78, 5) is 13.3. The van der Waals surface area contributed by atoms with Crippen molar-refractivity contribution in [2.45, 2.75) is 58.6 Å². The van der Waals surface area contributed by atoms with Gasteiger partial charge in [-0.1, -0.05) is 30.3 Å². The van der Waals surface area contributed by atoms with Crippen molar-refractivity contribution in [3.05, 3.63) is 51.4 Å². The molecular formula is C23H27IN2O2. The third kappa shape index (κ3) is 3.19. The number of ether oxygens (including phenoxy) is 1. The van der Waals surface area contributed by atoms with Crippen molar-refractivity contribution in [1.29, 1.82) is 0 Å². The molecule has 148 valence electrons. The Balaban J connectivity index is 1.37. The monoisotopic (exact) mass is 490 g/mol. The first-order valence-corrected chi connectivity index (χ1v) is 11.4. The second kappa shape index (κ2) is 6.85. The van der Waals surface area contributed by atoms with E-state index in [-0.39, 0.29) is 16.8 Å². The van der Waals surface area contributed by atoms with Crippen LogP contribution in [0.2, 0.25) is 0 Å². The topological polar surface area (TPSA) is 44.1 Å². The summed E-state index contributed by atoms with van der Waals surface area (Å²) in [7, 11) is 0. The second-order valence-corrected chi connectivity index (χ2v) is 10.7. The Bertz CT molecular complexity index is 877. The summed E-state index contributed by atoms with van der Waals surface area (Å²) in [5, 5.41) is 4.63. The highest BCUT2D eigenvalue weighted by Gasteiger charge is 2.61. The normalized spacial score (nSPS) is 33.2. The first-order chi connectivity index (χ1) is 13.5. The van der Waals surface area contributed by atoms with E-state index in [0.29, 0.717) is 18.4 Å². The average Bonchev–Trinajstić information content (AvgIpc) is 2.97. The van der Waals surface area contributed by atoms with Gasteiger partial charge in [-0.05, 0) is 90.9 Å². The predicted octanol–water partition coefficient (Wildman–Crippen LogP) is 5.13. The van der Waals surface area contributed by atoms with Crippen molar-refractivity contribution >= 4 is 28.6 Å². The predicted molar refractivity (Wildman–Crippen MR) is 115 cm³/mol. The van der Waals surface area contributed by atoms with Crippen LogP contribution in [0.15, 0.2) is 36.5 Å². The van der Waals surface area contributed by atoms with E-state index >= 15 is 0 Å². The summed E-state index contributed by atoms with van der Waals surface area (Å²) in [5.41, 5.74) is 2.25. The van der Waals surface area contributed by atoms with Gasteiger partial charge in [-0.15, -0.1) is 0 Å². The van der Waals surface area contributed by atoms with Crippen molar-refractivity contribution in [3.8, 4) is 0 Å². The van der Waals surface area contributed by atoms with Crippen LogP contribution in [-0.4, -0.2) is 15.7 Å². The number of esters is 1. The van der Waals surface area contributed by atoms with Crippen LogP contribution in [0.5, 0.6) is 0 Å². The number of hydrogen-bond acceptors (Lipinski definition) is 3. The minimum atomic E-state index is -0.271. The highest BCUT2D eigenvalue weighted by Crippen LogP contribution is 2.66. The fourth-order valence-electron chi connectivity index (χ4n) is 6.65. The largest absolute Gasteiger partial charge is 0.460 e. The van der Waals surface area contributed by atoms with E-state index in [1.54, 1.807) is 0 Å². The summed E-state index contributed by atoms with van der Waals surface area (Å²) < 4.78 is 9.27. The molecular weight excluding hydrogens is 463 g/mol. The molecule has 4 nitrogen and oxygen atoms in total. The lowest BCUT2D eigenvalue weighted by Gasteiger charge is -2.60. The molecule has 4 bridgehead atoms. The first-order valence-electron chi connectivity index (χ1n) is 10.4. The molecule has 4 fully saturated rings. The molecule has 2 unspecified atom stereocenters. The van der Waals surface area contributed by atoms with E-state index in [2.05, 4.69) is 39.3 Å². The molecule has 0 amide bonds. The Hall–Kier alpha value is -1.37. The molecule has 2 atom stereocenters. The van der Waals surface area contributed by atoms with E-state index in [4.69, 9.17) is 4.74 Å². The number of nitrogens with zero attached hydrogens (tertiary/aromatic N) is 2. The lowest BCUT2D eigenvalue weighted by Crippen LogP contribution is -2.56. The molecule has 2 aromatic rings. The van der Waals surface area contributed by atoms with Crippen LogP contribution in [0.3, 0.4) is 0 Å². The van der Waals surface area contributed by atoms with Crippen LogP contribution in [0.1, 0.15) is 49.8 Å². The van der Waals surface area contributed by atoms with Crippen LogP contribution in [0.4, 0.5) is 0 Å². The fraction of sp³-hybridized carbons (Fsp3) is 0.565. The fourth-order valence-corrected chi connectivity index (χ4v) is 7.06. The maximum Gasteiger partial charge on any atom is 0.312 e.